The zero-order chi connectivity index (χ0) is 16.9. The fourth-order valence-electron chi connectivity index (χ4n) is 2.30. The summed E-state index contributed by atoms with van der Waals surface area (Å²) in [7, 11) is 0. The maximum atomic E-state index is 12.0. The van der Waals surface area contributed by atoms with Gasteiger partial charge in [-0.15, -0.1) is 0 Å². The van der Waals surface area contributed by atoms with Crippen molar-refractivity contribution in [3.63, 3.8) is 0 Å². The number of fused-ring (bicyclic) bond motifs is 1. The second kappa shape index (κ2) is 7.60. The molecule has 0 aromatic heterocycles. The van der Waals surface area contributed by atoms with Crippen molar-refractivity contribution in [3.8, 4) is 11.5 Å². The number of halogens is 2. The van der Waals surface area contributed by atoms with Crippen LogP contribution < -0.4 is 14.8 Å². The average Bonchev–Trinajstić information content (AvgIpc) is 2.61. The molecule has 0 fully saturated rings. The van der Waals surface area contributed by atoms with Crippen LogP contribution in [0.3, 0.4) is 0 Å². The number of carbonyl (C=O) groups excluding carboxylic acids is 1. The monoisotopic (exact) mass is 363 g/mol. The predicted molar refractivity (Wildman–Crippen MR) is 94.8 cm³/mol. The quantitative estimate of drug-likeness (QED) is 0.832. The summed E-state index contributed by atoms with van der Waals surface area (Å²) in [5.74, 6) is 1.19. The van der Waals surface area contributed by atoms with Gasteiger partial charge in [-0.25, -0.2) is 0 Å². The highest BCUT2D eigenvalue weighted by molar-refractivity contribution is 6.42. The summed E-state index contributed by atoms with van der Waals surface area (Å²) in [6.07, 6.45) is 3.13. The van der Waals surface area contributed by atoms with Crippen LogP contribution in [0.25, 0.3) is 6.08 Å². The predicted octanol–water partition coefficient (Wildman–Crippen LogP) is 4.09. The Morgan fingerprint density at radius 2 is 1.96 bits per heavy atom. The first-order valence-corrected chi connectivity index (χ1v) is 8.17. The third-order valence-electron chi connectivity index (χ3n) is 3.47. The van der Waals surface area contributed by atoms with E-state index < -0.39 is 0 Å². The van der Waals surface area contributed by atoms with Gasteiger partial charge in [0.05, 0.1) is 10.0 Å². The number of ether oxygens (including phenoxy) is 2. The Balaban J connectivity index is 1.61. The molecule has 3 rings (SSSR count). The lowest BCUT2D eigenvalue weighted by atomic mass is 10.1. The minimum atomic E-state index is -0.213. The van der Waals surface area contributed by atoms with Gasteiger partial charge >= 0.3 is 0 Å². The fourth-order valence-corrected chi connectivity index (χ4v) is 2.61. The highest BCUT2D eigenvalue weighted by Gasteiger charge is 2.15. The summed E-state index contributed by atoms with van der Waals surface area (Å²) < 4.78 is 11.1. The highest BCUT2D eigenvalue weighted by Crippen LogP contribution is 2.33. The van der Waals surface area contributed by atoms with Gasteiger partial charge in [0.2, 0.25) is 5.91 Å². The van der Waals surface area contributed by atoms with Crippen LogP contribution in [-0.4, -0.2) is 19.1 Å². The average molecular weight is 364 g/mol. The molecule has 1 aliphatic rings. The molecule has 0 bridgehead atoms. The molecule has 1 aliphatic heterocycles. The molecular formula is C18H15Cl2NO3. The SMILES string of the molecule is O=C(/C=C/c1ccc(Cl)c(Cl)c1)NCc1cccc2c1OCCO2. The Morgan fingerprint density at radius 1 is 1.12 bits per heavy atom. The van der Waals surface area contributed by atoms with E-state index in [2.05, 4.69) is 5.32 Å². The van der Waals surface area contributed by atoms with Crippen molar-refractivity contribution in [2.75, 3.05) is 13.2 Å². The van der Waals surface area contributed by atoms with Crippen molar-refractivity contribution in [2.24, 2.45) is 0 Å². The van der Waals surface area contributed by atoms with E-state index in [1.54, 1.807) is 24.3 Å². The van der Waals surface area contributed by atoms with E-state index in [0.717, 1.165) is 11.1 Å². The lowest BCUT2D eigenvalue weighted by Crippen LogP contribution is -2.22. The van der Waals surface area contributed by atoms with E-state index in [1.807, 2.05) is 18.2 Å². The van der Waals surface area contributed by atoms with Crippen molar-refractivity contribution >= 4 is 35.2 Å². The zero-order valence-corrected chi connectivity index (χ0v) is 14.2. The summed E-state index contributed by atoms with van der Waals surface area (Å²) in [5.41, 5.74) is 1.68. The third-order valence-corrected chi connectivity index (χ3v) is 4.21. The molecule has 4 nitrogen and oxygen atoms in total. The number of rotatable bonds is 4. The normalized spacial score (nSPS) is 13.1. The van der Waals surface area contributed by atoms with Crippen molar-refractivity contribution < 1.29 is 14.3 Å². The minimum Gasteiger partial charge on any atom is -0.486 e. The minimum absolute atomic E-state index is 0.213. The second-order valence-electron chi connectivity index (χ2n) is 5.17. The Bertz CT molecular complexity index is 790. The number of amides is 1. The lowest BCUT2D eigenvalue weighted by molar-refractivity contribution is -0.116. The summed E-state index contributed by atoms with van der Waals surface area (Å²) in [6, 6.07) is 10.8. The standard InChI is InChI=1S/C18H15Cl2NO3/c19-14-6-4-12(10-15(14)20)5-7-17(22)21-11-13-2-1-3-16-18(13)24-9-8-23-16/h1-7,10H,8-9,11H2,(H,21,22)/b7-5+. The summed E-state index contributed by atoms with van der Waals surface area (Å²) in [4.78, 5) is 12.0. The smallest absolute Gasteiger partial charge is 0.244 e. The number of nitrogens with one attached hydrogen (secondary N) is 1. The summed E-state index contributed by atoms with van der Waals surface area (Å²) >= 11 is 11.8. The van der Waals surface area contributed by atoms with Crippen LogP contribution in [0.1, 0.15) is 11.1 Å². The van der Waals surface area contributed by atoms with Gasteiger partial charge in [-0.1, -0.05) is 41.4 Å². The van der Waals surface area contributed by atoms with Gasteiger partial charge in [0.25, 0.3) is 0 Å². The number of hydrogen-bond acceptors (Lipinski definition) is 3. The van der Waals surface area contributed by atoms with Crippen molar-refractivity contribution in [1.29, 1.82) is 0 Å². The number of benzene rings is 2. The van der Waals surface area contributed by atoms with Gasteiger partial charge in [-0.2, -0.15) is 0 Å². The molecule has 2 aromatic rings. The lowest BCUT2D eigenvalue weighted by Gasteiger charge is -2.20. The Kier molecular flexibility index (Phi) is 5.28. The Labute approximate surface area is 150 Å². The van der Waals surface area contributed by atoms with Crippen molar-refractivity contribution in [1.82, 2.24) is 5.32 Å². The summed E-state index contributed by atoms with van der Waals surface area (Å²) in [6.45, 7) is 1.40. The maximum Gasteiger partial charge on any atom is 0.244 e. The van der Waals surface area contributed by atoms with Crippen LogP contribution in [0, 0.1) is 0 Å². The molecule has 124 valence electrons. The molecule has 0 spiro atoms. The molecule has 6 heteroatoms. The Hall–Kier alpha value is -2.17. The molecule has 2 aromatic carbocycles. The molecule has 1 heterocycles. The van der Waals surface area contributed by atoms with Crippen LogP contribution in [-0.2, 0) is 11.3 Å². The zero-order valence-electron chi connectivity index (χ0n) is 12.7. The molecule has 0 saturated carbocycles. The van der Waals surface area contributed by atoms with Crippen molar-refractivity contribution in [2.45, 2.75) is 6.54 Å². The molecule has 0 atom stereocenters. The Morgan fingerprint density at radius 3 is 2.79 bits per heavy atom. The topological polar surface area (TPSA) is 47.6 Å². The van der Waals surface area contributed by atoms with Crippen LogP contribution >= 0.6 is 23.2 Å². The molecule has 0 aliphatic carbocycles. The first kappa shape index (κ1) is 16.7. The van der Waals surface area contributed by atoms with Gasteiger partial charge in [0.1, 0.15) is 13.2 Å². The van der Waals surface area contributed by atoms with Crippen LogP contribution in [0.4, 0.5) is 0 Å². The van der Waals surface area contributed by atoms with Gasteiger partial charge in [-0.05, 0) is 29.8 Å². The van der Waals surface area contributed by atoms with Gasteiger partial charge < -0.3 is 14.8 Å². The van der Waals surface area contributed by atoms with Crippen LogP contribution in [0.2, 0.25) is 10.0 Å². The largest absolute Gasteiger partial charge is 0.486 e. The number of para-hydroxylation sites is 1. The molecule has 1 N–H and O–H groups in total. The maximum absolute atomic E-state index is 12.0. The van der Waals surface area contributed by atoms with E-state index in [4.69, 9.17) is 32.7 Å². The molecule has 0 radical (unpaired) electrons. The van der Waals surface area contributed by atoms with Gasteiger partial charge in [-0.3, -0.25) is 4.79 Å². The van der Waals surface area contributed by atoms with Gasteiger partial charge in [0, 0.05) is 18.2 Å². The van der Waals surface area contributed by atoms with Crippen LogP contribution in [0.5, 0.6) is 11.5 Å². The van der Waals surface area contributed by atoms with Crippen molar-refractivity contribution in [3.05, 3.63) is 63.6 Å². The highest BCUT2D eigenvalue weighted by atomic mass is 35.5. The number of carbonyl (C=O) groups is 1. The van der Waals surface area contributed by atoms with E-state index in [-0.39, 0.29) is 5.91 Å². The number of hydrogen-bond donors (Lipinski definition) is 1. The fraction of sp³-hybridized carbons (Fsp3) is 0.167. The first-order valence-electron chi connectivity index (χ1n) is 7.42. The molecule has 1 amide bonds. The van der Waals surface area contributed by atoms with E-state index in [1.165, 1.54) is 6.08 Å². The summed E-state index contributed by atoms with van der Waals surface area (Å²) in [5, 5.41) is 3.76. The second-order valence-corrected chi connectivity index (χ2v) is 5.98. The molecule has 0 unspecified atom stereocenters. The molecular weight excluding hydrogens is 349 g/mol. The first-order chi connectivity index (χ1) is 11.6. The van der Waals surface area contributed by atoms with E-state index in [0.29, 0.717) is 41.3 Å². The third kappa shape index (κ3) is 4.02. The van der Waals surface area contributed by atoms with E-state index in [9.17, 15) is 4.79 Å². The van der Waals surface area contributed by atoms with Gasteiger partial charge in [0.15, 0.2) is 11.5 Å². The van der Waals surface area contributed by atoms with Crippen LogP contribution in [0.15, 0.2) is 42.5 Å². The molecule has 24 heavy (non-hydrogen) atoms. The molecule has 0 saturated heterocycles. The van der Waals surface area contributed by atoms with E-state index >= 15 is 0 Å².